The average molecular weight is 541 g/mol. The van der Waals surface area contributed by atoms with Crippen molar-refractivity contribution in [2.75, 3.05) is 43.4 Å². The summed E-state index contributed by atoms with van der Waals surface area (Å²) in [5.41, 5.74) is 4.55. The summed E-state index contributed by atoms with van der Waals surface area (Å²) >= 11 is 0. The van der Waals surface area contributed by atoms with E-state index in [1.165, 1.54) is 21.0 Å². The molecule has 1 unspecified atom stereocenters. The second-order valence-corrected chi connectivity index (χ2v) is 13.1. The van der Waals surface area contributed by atoms with E-state index in [4.69, 9.17) is 9.84 Å². The zero-order valence-corrected chi connectivity index (χ0v) is 23.4. The Morgan fingerprint density at radius 1 is 1.16 bits per heavy atom. The van der Waals surface area contributed by atoms with Gasteiger partial charge in [-0.1, -0.05) is 25.5 Å². The van der Waals surface area contributed by atoms with Crippen LogP contribution >= 0.6 is 0 Å². The van der Waals surface area contributed by atoms with Crippen LogP contribution in [0, 0.1) is 5.92 Å². The molecule has 1 aromatic heterocycles. The smallest absolute Gasteiger partial charge is 0.225 e. The topological polar surface area (TPSA) is 95.9 Å². The third-order valence-electron chi connectivity index (χ3n) is 8.31. The van der Waals surface area contributed by atoms with Gasteiger partial charge in [0.05, 0.1) is 5.75 Å². The van der Waals surface area contributed by atoms with Crippen LogP contribution in [0.25, 0.3) is 5.57 Å². The highest BCUT2D eigenvalue weighted by atomic mass is 32.2. The van der Waals surface area contributed by atoms with Gasteiger partial charge in [-0.2, -0.15) is 4.31 Å². The zero-order chi connectivity index (χ0) is 26.8. The van der Waals surface area contributed by atoms with Crippen molar-refractivity contribution in [2.24, 2.45) is 5.92 Å². The van der Waals surface area contributed by atoms with E-state index in [1.54, 1.807) is 0 Å². The summed E-state index contributed by atoms with van der Waals surface area (Å²) in [5, 5.41) is 8.99. The molecule has 2 aromatic rings. The van der Waals surface area contributed by atoms with Crippen molar-refractivity contribution >= 4 is 21.5 Å². The number of fused-ring (bicyclic) bond motifs is 1. The van der Waals surface area contributed by atoms with E-state index in [2.05, 4.69) is 46.9 Å². The number of aryl methyl sites for hydroxylation is 1. The first-order valence-corrected chi connectivity index (χ1v) is 15.6. The Kier molecular flexibility index (Phi) is 8.07. The molecular formula is C29H40N4O4S. The van der Waals surface area contributed by atoms with Crippen LogP contribution in [-0.2, 0) is 22.9 Å². The fraction of sp³-hybridized carbons (Fsp3) is 0.586. The molecule has 1 atom stereocenters. The minimum atomic E-state index is -3.32. The summed E-state index contributed by atoms with van der Waals surface area (Å²) in [6, 6.07) is 6.43. The minimum absolute atomic E-state index is 0.00136. The van der Waals surface area contributed by atoms with Gasteiger partial charge in [0.1, 0.15) is 11.4 Å². The molecule has 8 nitrogen and oxygen atoms in total. The number of hydrogen-bond acceptors (Lipinski definition) is 7. The van der Waals surface area contributed by atoms with E-state index in [9.17, 15) is 8.42 Å². The maximum atomic E-state index is 12.5. The lowest BCUT2D eigenvalue weighted by atomic mass is 9.79. The number of aliphatic hydroxyl groups is 1. The standard InChI is InChI=1S/C29H40N4O4S/c1-3-5-22-20-30-28(31-21-22)32-12-10-26(11-13-32)29(2)19-25-18-24(6-7-27(25)37-29)23-8-14-33(15-9-23)38(35,36)17-4-16-34/h6-8,18,20-21,26,34H,3-5,9-17,19H2,1-2H3. The lowest BCUT2D eigenvalue weighted by molar-refractivity contribution is 0.0349. The van der Waals surface area contributed by atoms with Crippen molar-refractivity contribution in [3.05, 3.63) is 53.4 Å². The Morgan fingerprint density at radius 3 is 2.58 bits per heavy atom. The molecule has 1 saturated heterocycles. The number of benzene rings is 1. The SMILES string of the molecule is CCCc1cnc(N2CCC(C3(C)Cc4cc(C5=CCN(S(=O)(=O)CCCO)CC5)ccc4O3)CC2)nc1. The predicted octanol–water partition coefficient (Wildman–Crippen LogP) is 3.84. The summed E-state index contributed by atoms with van der Waals surface area (Å²) in [5.74, 6) is 2.26. The summed E-state index contributed by atoms with van der Waals surface area (Å²) in [4.78, 5) is 11.5. The molecule has 9 heteroatoms. The van der Waals surface area contributed by atoms with E-state index in [-0.39, 0.29) is 24.4 Å². The van der Waals surface area contributed by atoms with Gasteiger partial charge < -0.3 is 14.7 Å². The summed E-state index contributed by atoms with van der Waals surface area (Å²) < 4.78 is 33.0. The van der Waals surface area contributed by atoms with Crippen molar-refractivity contribution in [3.8, 4) is 5.75 Å². The van der Waals surface area contributed by atoms with Crippen molar-refractivity contribution in [2.45, 2.75) is 64.4 Å². The first-order chi connectivity index (χ1) is 18.3. The lowest BCUT2D eigenvalue weighted by Crippen LogP contribution is -2.46. The van der Waals surface area contributed by atoms with Crippen molar-refractivity contribution in [1.29, 1.82) is 0 Å². The molecule has 1 fully saturated rings. The zero-order valence-electron chi connectivity index (χ0n) is 22.6. The van der Waals surface area contributed by atoms with E-state index in [0.717, 1.165) is 62.5 Å². The number of nitrogens with zero attached hydrogens (tertiary/aromatic N) is 4. The third-order valence-corrected chi connectivity index (χ3v) is 10.2. The highest BCUT2D eigenvalue weighted by molar-refractivity contribution is 7.89. The number of hydrogen-bond donors (Lipinski definition) is 1. The largest absolute Gasteiger partial charge is 0.487 e. The minimum Gasteiger partial charge on any atom is -0.487 e. The van der Waals surface area contributed by atoms with Crippen LogP contribution in [0.4, 0.5) is 5.95 Å². The molecule has 1 N–H and O–H groups in total. The van der Waals surface area contributed by atoms with Gasteiger partial charge in [-0.25, -0.2) is 18.4 Å². The lowest BCUT2D eigenvalue weighted by Gasteiger charge is -2.40. The van der Waals surface area contributed by atoms with Gasteiger partial charge in [0.25, 0.3) is 0 Å². The van der Waals surface area contributed by atoms with E-state index in [0.29, 0.717) is 25.4 Å². The number of rotatable bonds is 9. The number of anilines is 1. The second-order valence-electron chi connectivity index (χ2n) is 11.0. The van der Waals surface area contributed by atoms with Crippen molar-refractivity contribution < 1.29 is 18.3 Å². The van der Waals surface area contributed by atoms with Crippen LogP contribution in [0.15, 0.2) is 36.7 Å². The first-order valence-electron chi connectivity index (χ1n) is 14.0. The van der Waals surface area contributed by atoms with Gasteiger partial charge in [-0.3, -0.25) is 0 Å². The number of aromatic nitrogens is 2. The van der Waals surface area contributed by atoms with Crippen LogP contribution in [-0.4, -0.2) is 71.9 Å². The Bertz CT molecular complexity index is 1260. The predicted molar refractivity (Wildman–Crippen MR) is 150 cm³/mol. The molecule has 0 aliphatic carbocycles. The monoisotopic (exact) mass is 540 g/mol. The molecule has 3 aliphatic heterocycles. The first kappa shape index (κ1) is 27.1. The highest BCUT2D eigenvalue weighted by Crippen LogP contribution is 2.44. The molecule has 38 heavy (non-hydrogen) atoms. The molecule has 0 saturated carbocycles. The number of ether oxygens (including phenoxy) is 1. The Labute approximate surface area is 226 Å². The van der Waals surface area contributed by atoms with Gasteiger partial charge in [0.2, 0.25) is 16.0 Å². The van der Waals surface area contributed by atoms with Crippen LogP contribution in [0.1, 0.15) is 62.6 Å². The van der Waals surface area contributed by atoms with Gasteiger partial charge in [-0.05, 0) is 73.4 Å². The summed E-state index contributed by atoms with van der Waals surface area (Å²) in [7, 11) is -3.32. The van der Waals surface area contributed by atoms with Gasteiger partial charge in [-0.15, -0.1) is 0 Å². The Hall–Kier alpha value is -2.49. The molecule has 5 rings (SSSR count). The van der Waals surface area contributed by atoms with E-state index >= 15 is 0 Å². The normalized spacial score (nSPS) is 22.7. The van der Waals surface area contributed by atoms with Gasteiger partial charge >= 0.3 is 0 Å². The van der Waals surface area contributed by atoms with Crippen molar-refractivity contribution in [3.63, 3.8) is 0 Å². The van der Waals surface area contributed by atoms with Gasteiger partial charge in [0.15, 0.2) is 0 Å². The van der Waals surface area contributed by atoms with E-state index in [1.807, 2.05) is 18.5 Å². The quantitative estimate of drug-likeness (QED) is 0.516. The summed E-state index contributed by atoms with van der Waals surface area (Å²) in [6.45, 7) is 7.04. The Balaban J connectivity index is 1.20. The fourth-order valence-electron chi connectivity index (χ4n) is 6.07. The molecule has 1 aromatic carbocycles. The van der Waals surface area contributed by atoms with Gasteiger partial charge in [0, 0.05) is 57.5 Å². The summed E-state index contributed by atoms with van der Waals surface area (Å²) in [6.07, 6.45) is 12.0. The fourth-order valence-corrected chi connectivity index (χ4v) is 7.49. The Morgan fingerprint density at radius 2 is 1.92 bits per heavy atom. The number of sulfonamides is 1. The van der Waals surface area contributed by atoms with Crippen LogP contribution in [0.5, 0.6) is 5.75 Å². The van der Waals surface area contributed by atoms with Crippen molar-refractivity contribution in [1.82, 2.24) is 14.3 Å². The molecule has 0 spiro atoms. The third kappa shape index (κ3) is 5.75. The molecule has 3 aliphatic rings. The number of piperidine rings is 1. The molecule has 4 heterocycles. The number of aliphatic hydroxyl groups excluding tert-OH is 1. The maximum absolute atomic E-state index is 12.5. The molecule has 0 amide bonds. The molecular weight excluding hydrogens is 500 g/mol. The maximum Gasteiger partial charge on any atom is 0.225 e. The molecule has 0 radical (unpaired) electrons. The second kappa shape index (κ2) is 11.3. The molecule has 0 bridgehead atoms. The van der Waals surface area contributed by atoms with Crippen LogP contribution in [0.3, 0.4) is 0 Å². The average Bonchev–Trinajstić information content (AvgIpc) is 3.29. The van der Waals surface area contributed by atoms with Crippen LogP contribution < -0.4 is 9.64 Å². The van der Waals surface area contributed by atoms with E-state index < -0.39 is 10.0 Å². The highest BCUT2D eigenvalue weighted by Gasteiger charge is 2.43. The van der Waals surface area contributed by atoms with Crippen LogP contribution in [0.2, 0.25) is 0 Å². The molecule has 206 valence electrons.